The number of carbonyl (C=O) groups excluding carboxylic acids is 1. The molecule has 3 heteroatoms. The van der Waals surface area contributed by atoms with E-state index in [0.717, 1.165) is 29.7 Å². The van der Waals surface area contributed by atoms with Gasteiger partial charge in [0.25, 0.3) is 0 Å². The van der Waals surface area contributed by atoms with Gasteiger partial charge in [0.15, 0.2) is 0 Å². The molecule has 3 nitrogen and oxygen atoms in total. The summed E-state index contributed by atoms with van der Waals surface area (Å²) in [6, 6.07) is 6.45. The third kappa shape index (κ3) is 4.15. The number of rotatable bonds is 6. The first-order valence-electron chi connectivity index (χ1n) is 6.67. The molecule has 0 fully saturated rings. The number of aryl methyl sites for hydroxylation is 2. The fourth-order valence-corrected chi connectivity index (χ4v) is 2.01. The Hall–Kier alpha value is -1.35. The van der Waals surface area contributed by atoms with Crippen molar-refractivity contribution in [1.82, 2.24) is 5.32 Å². The molecule has 0 spiro atoms. The molecule has 0 bridgehead atoms. The predicted molar refractivity (Wildman–Crippen MR) is 76.9 cm³/mol. The average molecular weight is 248 g/mol. The zero-order chi connectivity index (χ0) is 13.5. The Balaban J connectivity index is 2.55. The highest BCUT2D eigenvalue weighted by Crippen LogP contribution is 2.18. The molecule has 1 amide bonds. The van der Waals surface area contributed by atoms with Gasteiger partial charge in [-0.1, -0.05) is 32.0 Å². The van der Waals surface area contributed by atoms with E-state index in [1.807, 2.05) is 32.0 Å². The SMILES string of the molecule is CCC(CC)NCC(=O)Nc1c(C)cccc1C. The Labute approximate surface area is 110 Å². The van der Waals surface area contributed by atoms with Crippen LogP contribution in [0.1, 0.15) is 37.8 Å². The summed E-state index contributed by atoms with van der Waals surface area (Å²) < 4.78 is 0. The van der Waals surface area contributed by atoms with Crippen molar-refractivity contribution in [3.05, 3.63) is 29.3 Å². The smallest absolute Gasteiger partial charge is 0.238 e. The maximum Gasteiger partial charge on any atom is 0.238 e. The fraction of sp³-hybridized carbons (Fsp3) is 0.533. The second-order valence-electron chi connectivity index (χ2n) is 4.71. The number of hydrogen-bond donors (Lipinski definition) is 2. The van der Waals surface area contributed by atoms with Gasteiger partial charge in [0.05, 0.1) is 6.54 Å². The van der Waals surface area contributed by atoms with Crippen LogP contribution in [-0.2, 0) is 4.79 Å². The maximum atomic E-state index is 11.9. The van der Waals surface area contributed by atoms with Crippen LogP contribution in [0.2, 0.25) is 0 Å². The summed E-state index contributed by atoms with van der Waals surface area (Å²) in [6.45, 7) is 8.66. The van der Waals surface area contributed by atoms with Crippen molar-refractivity contribution in [2.45, 2.75) is 46.6 Å². The lowest BCUT2D eigenvalue weighted by Gasteiger charge is -2.16. The Bertz CT molecular complexity index is 377. The quantitative estimate of drug-likeness (QED) is 0.812. The van der Waals surface area contributed by atoms with Crippen molar-refractivity contribution < 1.29 is 4.79 Å². The molecular formula is C15H24N2O. The number of benzene rings is 1. The van der Waals surface area contributed by atoms with E-state index in [4.69, 9.17) is 0 Å². The van der Waals surface area contributed by atoms with Gasteiger partial charge in [0.2, 0.25) is 5.91 Å². The van der Waals surface area contributed by atoms with Crippen molar-refractivity contribution >= 4 is 11.6 Å². The van der Waals surface area contributed by atoms with Gasteiger partial charge < -0.3 is 10.6 Å². The largest absolute Gasteiger partial charge is 0.324 e. The highest BCUT2D eigenvalue weighted by Gasteiger charge is 2.09. The molecule has 0 aromatic heterocycles. The van der Waals surface area contributed by atoms with Crippen LogP contribution in [-0.4, -0.2) is 18.5 Å². The minimum Gasteiger partial charge on any atom is -0.324 e. The monoisotopic (exact) mass is 248 g/mol. The van der Waals surface area contributed by atoms with E-state index in [2.05, 4.69) is 24.5 Å². The zero-order valence-electron chi connectivity index (χ0n) is 11.8. The molecule has 0 aliphatic rings. The maximum absolute atomic E-state index is 11.9. The molecular weight excluding hydrogens is 224 g/mol. The van der Waals surface area contributed by atoms with Gasteiger partial charge in [-0.25, -0.2) is 0 Å². The number of anilines is 1. The van der Waals surface area contributed by atoms with Gasteiger partial charge in [-0.2, -0.15) is 0 Å². The van der Waals surface area contributed by atoms with E-state index in [1.165, 1.54) is 0 Å². The van der Waals surface area contributed by atoms with Crippen molar-refractivity contribution in [2.24, 2.45) is 0 Å². The Kier molecular flexibility index (Phi) is 5.86. The number of para-hydroxylation sites is 1. The summed E-state index contributed by atoms with van der Waals surface area (Å²) in [5.74, 6) is 0.0271. The molecule has 0 saturated carbocycles. The Morgan fingerprint density at radius 2 is 1.72 bits per heavy atom. The Morgan fingerprint density at radius 3 is 2.22 bits per heavy atom. The minimum absolute atomic E-state index is 0.0271. The molecule has 1 rings (SSSR count). The summed E-state index contributed by atoms with van der Waals surface area (Å²) in [7, 11) is 0. The second kappa shape index (κ2) is 7.17. The lowest BCUT2D eigenvalue weighted by Crippen LogP contribution is -2.35. The first-order chi connectivity index (χ1) is 8.58. The van der Waals surface area contributed by atoms with E-state index in [1.54, 1.807) is 0 Å². The standard InChI is InChI=1S/C15H24N2O/c1-5-13(6-2)16-10-14(18)17-15-11(3)8-7-9-12(15)4/h7-9,13,16H,5-6,10H2,1-4H3,(H,17,18). The summed E-state index contributed by atoms with van der Waals surface area (Å²) in [4.78, 5) is 11.9. The first kappa shape index (κ1) is 14.7. The van der Waals surface area contributed by atoms with Crippen molar-refractivity contribution in [3.63, 3.8) is 0 Å². The number of carbonyl (C=O) groups is 1. The number of hydrogen-bond acceptors (Lipinski definition) is 2. The van der Waals surface area contributed by atoms with Crippen molar-refractivity contribution in [1.29, 1.82) is 0 Å². The molecule has 0 unspecified atom stereocenters. The molecule has 1 aromatic carbocycles. The van der Waals surface area contributed by atoms with Crippen LogP contribution in [0.5, 0.6) is 0 Å². The fourth-order valence-electron chi connectivity index (χ4n) is 2.01. The summed E-state index contributed by atoms with van der Waals surface area (Å²) >= 11 is 0. The molecule has 0 aliphatic heterocycles. The van der Waals surface area contributed by atoms with Gasteiger partial charge in [0, 0.05) is 11.7 Å². The molecule has 0 heterocycles. The molecule has 18 heavy (non-hydrogen) atoms. The first-order valence-corrected chi connectivity index (χ1v) is 6.67. The molecule has 0 radical (unpaired) electrons. The van der Waals surface area contributed by atoms with Gasteiger partial charge in [-0.15, -0.1) is 0 Å². The molecule has 0 atom stereocenters. The summed E-state index contributed by atoms with van der Waals surface area (Å²) in [5.41, 5.74) is 3.14. The summed E-state index contributed by atoms with van der Waals surface area (Å²) in [5, 5.41) is 6.25. The van der Waals surface area contributed by atoms with E-state index >= 15 is 0 Å². The highest BCUT2D eigenvalue weighted by molar-refractivity contribution is 5.93. The minimum atomic E-state index is 0.0271. The molecule has 100 valence electrons. The van der Waals surface area contributed by atoms with Crippen LogP contribution in [0.25, 0.3) is 0 Å². The average Bonchev–Trinajstić information content (AvgIpc) is 2.35. The Morgan fingerprint density at radius 1 is 1.17 bits per heavy atom. The third-order valence-electron chi connectivity index (χ3n) is 3.28. The van der Waals surface area contributed by atoms with Gasteiger partial charge in [-0.3, -0.25) is 4.79 Å². The molecule has 0 saturated heterocycles. The predicted octanol–water partition coefficient (Wildman–Crippen LogP) is 3.02. The molecule has 2 N–H and O–H groups in total. The van der Waals surface area contributed by atoms with Crippen LogP contribution in [0.4, 0.5) is 5.69 Å². The van der Waals surface area contributed by atoms with E-state index in [-0.39, 0.29) is 5.91 Å². The van der Waals surface area contributed by atoms with Gasteiger partial charge in [-0.05, 0) is 37.8 Å². The van der Waals surface area contributed by atoms with E-state index < -0.39 is 0 Å². The highest BCUT2D eigenvalue weighted by atomic mass is 16.1. The van der Waals surface area contributed by atoms with E-state index in [0.29, 0.717) is 12.6 Å². The van der Waals surface area contributed by atoms with E-state index in [9.17, 15) is 4.79 Å². The van der Waals surface area contributed by atoms with Crippen molar-refractivity contribution in [3.8, 4) is 0 Å². The van der Waals surface area contributed by atoms with Crippen LogP contribution in [0.15, 0.2) is 18.2 Å². The topological polar surface area (TPSA) is 41.1 Å². The van der Waals surface area contributed by atoms with Crippen LogP contribution >= 0.6 is 0 Å². The van der Waals surface area contributed by atoms with Crippen molar-refractivity contribution in [2.75, 3.05) is 11.9 Å². The van der Waals surface area contributed by atoms with Gasteiger partial charge in [0.1, 0.15) is 0 Å². The zero-order valence-corrected chi connectivity index (χ0v) is 11.8. The van der Waals surface area contributed by atoms with Crippen LogP contribution in [0, 0.1) is 13.8 Å². The summed E-state index contributed by atoms with van der Waals surface area (Å²) in [6.07, 6.45) is 2.10. The lowest BCUT2D eigenvalue weighted by atomic mass is 10.1. The molecule has 0 aliphatic carbocycles. The normalized spacial score (nSPS) is 10.7. The third-order valence-corrected chi connectivity index (χ3v) is 3.28. The number of amides is 1. The lowest BCUT2D eigenvalue weighted by molar-refractivity contribution is -0.115. The van der Waals surface area contributed by atoms with Gasteiger partial charge >= 0.3 is 0 Å². The van der Waals surface area contributed by atoms with Crippen LogP contribution in [0.3, 0.4) is 0 Å². The number of nitrogens with one attached hydrogen (secondary N) is 2. The van der Waals surface area contributed by atoms with Crippen LogP contribution < -0.4 is 10.6 Å². The second-order valence-corrected chi connectivity index (χ2v) is 4.71. The molecule has 1 aromatic rings.